The van der Waals surface area contributed by atoms with E-state index < -0.39 is 0 Å². The number of nitrogens with zero attached hydrogens (tertiary/aromatic N) is 2. The van der Waals surface area contributed by atoms with E-state index in [9.17, 15) is 0 Å². The highest BCUT2D eigenvalue weighted by atomic mass is 16.3. The van der Waals surface area contributed by atoms with Crippen molar-refractivity contribution in [2.45, 2.75) is 0 Å². The molecule has 0 saturated carbocycles. The van der Waals surface area contributed by atoms with E-state index in [-0.39, 0.29) is 0 Å². The van der Waals surface area contributed by atoms with E-state index in [2.05, 4.69) is 11.1 Å². The minimum atomic E-state index is 0.597. The van der Waals surface area contributed by atoms with Crippen LogP contribution < -0.4 is 0 Å². The second-order valence-corrected chi connectivity index (χ2v) is 2.52. The number of oxazole rings is 1. The van der Waals surface area contributed by atoms with Crippen LogP contribution in [-0.4, -0.2) is 4.98 Å². The average Bonchev–Trinajstić information content (AvgIpc) is 2.70. The van der Waals surface area contributed by atoms with Crippen molar-refractivity contribution in [2.24, 2.45) is 0 Å². The molecule has 0 spiro atoms. The Hall–Kier alpha value is -2.08. The number of hydrogen-bond acceptors (Lipinski definition) is 3. The molecule has 0 bridgehead atoms. The van der Waals surface area contributed by atoms with Crippen molar-refractivity contribution < 1.29 is 4.42 Å². The predicted octanol–water partition coefficient (Wildman–Crippen LogP) is 2.21. The standard InChI is InChI=1S/C10H6N2O/c11-5-8-3-1-2-4-9(8)10-6-12-7-13-10/h1-4,6-7H. The molecule has 0 saturated heterocycles. The van der Waals surface area contributed by atoms with Crippen molar-refractivity contribution in [3.63, 3.8) is 0 Å². The molecule has 0 aliphatic carbocycles. The molecule has 2 aromatic rings. The normalized spacial score (nSPS) is 9.46. The number of aromatic nitrogens is 1. The number of nitriles is 1. The maximum absolute atomic E-state index is 8.81. The van der Waals surface area contributed by atoms with Gasteiger partial charge in [-0.3, -0.25) is 0 Å². The Balaban J connectivity index is 2.59. The molecule has 62 valence electrons. The molecular formula is C10H6N2O. The van der Waals surface area contributed by atoms with Gasteiger partial charge in [-0.2, -0.15) is 5.26 Å². The van der Waals surface area contributed by atoms with E-state index in [0.717, 1.165) is 5.56 Å². The summed E-state index contributed by atoms with van der Waals surface area (Å²) in [5.74, 6) is 0.622. The molecule has 1 heterocycles. The fourth-order valence-corrected chi connectivity index (χ4v) is 1.14. The molecule has 0 N–H and O–H groups in total. The lowest BCUT2D eigenvalue weighted by atomic mass is 10.1. The summed E-state index contributed by atoms with van der Waals surface area (Å²) in [6, 6.07) is 9.35. The van der Waals surface area contributed by atoms with Crippen LogP contribution in [0.4, 0.5) is 0 Å². The minimum Gasteiger partial charge on any atom is -0.443 e. The highest BCUT2D eigenvalue weighted by Crippen LogP contribution is 2.21. The largest absolute Gasteiger partial charge is 0.443 e. The minimum absolute atomic E-state index is 0.597. The summed E-state index contributed by atoms with van der Waals surface area (Å²) in [5, 5.41) is 8.81. The van der Waals surface area contributed by atoms with Crippen LogP contribution in [0.2, 0.25) is 0 Å². The van der Waals surface area contributed by atoms with Gasteiger partial charge in [0.25, 0.3) is 0 Å². The Bertz CT molecular complexity index is 440. The second-order valence-electron chi connectivity index (χ2n) is 2.52. The average molecular weight is 170 g/mol. The fraction of sp³-hybridized carbons (Fsp3) is 0. The smallest absolute Gasteiger partial charge is 0.181 e. The van der Waals surface area contributed by atoms with Crippen molar-refractivity contribution in [1.29, 1.82) is 5.26 Å². The molecule has 2 rings (SSSR count). The van der Waals surface area contributed by atoms with Gasteiger partial charge in [0.15, 0.2) is 12.2 Å². The van der Waals surface area contributed by atoms with Gasteiger partial charge in [0.2, 0.25) is 0 Å². The van der Waals surface area contributed by atoms with Crippen LogP contribution in [0.5, 0.6) is 0 Å². The highest BCUT2D eigenvalue weighted by molar-refractivity contribution is 5.64. The van der Waals surface area contributed by atoms with Crippen molar-refractivity contribution >= 4 is 0 Å². The Morgan fingerprint density at radius 2 is 2.15 bits per heavy atom. The molecule has 0 atom stereocenters. The van der Waals surface area contributed by atoms with Crippen molar-refractivity contribution in [1.82, 2.24) is 4.98 Å². The number of hydrogen-bond donors (Lipinski definition) is 0. The summed E-state index contributed by atoms with van der Waals surface area (Å²) in [7, 11) is 0. The Labute approximate surface area is 75.3 Å². The molecule has 3 nitrogen and oxygen atoms in total. The summed E-state index contributed by atoms with van der Waals surface area (Å²) in [6.45, 7) is 0. The van der Waals surface area contributed by atoms with Gasteiger partial charge < -0.3 is 4.42 Å². The molecule has 3 heteroatoms. The van der Waals surface area contributed by atoms with Crippen LogP contribution in [0.3, 0.4) is 0 Å². The third-order valence-electron chi connectivity index (χ3n) is 1.75. The SMILES string of the molecule is N#Cc1ccccc1-c1cnco1. The predicted molar refractivity (Wildman–Crippen MR) is 46.7 cm³/mol. The third kappa shape index (κ3) is 1.30. The molecule has 1 aromatic heterocycles. The lowest BCUT2D eigenvalue weighted by Crippen LogP contribution is -1.80. The Kier molecular flexibility index (Phi) is 1.81. The zero-order valence-electron chi connectivity index (χ0n) is 6.77. The lowest BCUT2D eigenvalue weighted by molar-refractivity contribution is 0.572. The van der Waals surface area contributed by atoms with Gasteiger partial charge in [0, 0.05) is 5.56 Å². The quantitative estimate of drug-likeness (QED) is 0.659. The summed E-state index contributed by atoms with van der Waals surface area (Å²) < 4.78 is 5.10. The molecule has 0 radical (unpaired) electrons. The van der Waals surface area contributed by atoms with E-state index in [4.69, 9.17) is 9.68 Å². The monoisotopic (exact) mass is 170 g/mol. The topological polar surface area (TPSA) is 49.8 Å². The van der Waals surface area contributed by atoms with E-state index in [1.54, 1.807) is 12.3 Å². The second kappa shape index (κ2) is 3.11. The van der Waals surface area contributed by atoms with Crippen LogP contribution in [-0.2, 0) is 0 Å². The summed E-state index contributed by atoms with van der Waals surface area (Å²) >= 11 is 0. The van der Waals surface area contributed by atoms with E-state index in [1.807, 2.05) is 18.2 Å². The first-order valence-corrected chi connectivity index (χ1v) is 3.80. The summed E-state index contributed by atoms with van der Waals surface area (Å²) in [5.41, 5.74) is 1.38. The molecule has 0 amide bonds. The highest BCUT2D eigenvalue weighted by Gasteiger charge is 2.05. The third-order valence-corrected chi connectivity index (χ3v) is 1.75. The van der Waals surface area contributed by atoms with Gasteiger partial charge in [-0.15, -0.1) is 0 Å². The Morgan fingerprint density at radius 3 is 2.85 bits per heavy atom. The van der Waals surface area contributed by atoms with Crippen molar-refractivity contribution in [2.75, 3.05) is 0 Å². The van der Waals surface area contributed by atoms with Gasteiger partial charge in [0.1, 0.15) is 0 Å². The van der Waals surface area contributed by atoms with Gasteiger partial charge in [0.05, 0.1) is 17.8 Å². The first-order valence-electron chi connectivity index (χ1n) is 3.80. The zero-order valence-corrected chi connectivity index (χ0v) is 6.77. The van der Waals surface area contributed by atoms with E-state index in [1.165, 1.54) is 6.39 Å². The van der Waals surface area contributed by atoms with Crippen LogP contribution in [0.1, 0.15) is 5.56 Å². The van der Waals surface area contributed by atoms with Crippen molar-refractivity contribution in [3.05, 3.63) is 42.4 Å². The van der Waals surface area contributed by atoms with Crippen molar-refractivity contribution in [3.8, 4) is 17.4 Å². The molecule has 0 aliphatic rings. The van der Waals surface area contributed by atoms with Gasteiger partial charge in [-0.25, -0.2) is 4.98 Å². The Morgan fingerprint density at radius 1 is 1.31 bits per heavy atom. The summed E-state index contributed by atoms with van der Waals surface area (Å²) in [4.78, 5) is 3.80. The molecule has 0 fully saturated rings. The lowest BCUT2D eigenvalue weighted by Gasteiger charge is -1.96. The van der Waals surface area contributed by atoms with Crippen LogP contribution >= 0.6 is 0 Å². The number of rotatable bonds is 1. The number of benzene rings is 1. The first-order chi connectivity index (χ1) is 6.42. The van der Waals surface area contributed by atoms with Gasteiger partial charge in [-0.1, -0.05) is 12.1 Å². The summed E-state index contributed by atoms with van der Waals surface area (Å²) in [6.07, 6.45) is 2.94. The zero-order chi connectivity index (χ0) is 9.10. The van der Waals surface area contributed by atoms with Crippen LogP contribution in [0.15, 0.2) is 41.3 Å². The molecule has 0 unspecified atom stereocenters. The fourth-order valence-electron chi connectivity index (χ4n) is 1.14. The van der Waals surface area contributed by atoms with E-state index >= 15 is 0 Å². The van der Waals surface area contributed by atoms with Crippen LogP contribution in [0.25, 0.3) is 11.3 Å². The van der Waals surface area contributed by atoms with Gasteiger partial charge in [-0.05, 0) is 12.1 Å². The van der Waals surface area contributed by atoms with Crippen LogP contribution in [0, 0.1) is 11.3 Å². The molecule has 0 aliphatic heterocycles. The molecule has 1 aromatic carbocycles. The van der Waals surface area contributed by atoms with Gasteiger partial charge >= 0.3 is 0 Å². The van der Waals surface area contributed by atoms with E-state index in [0.29, 0.717) is 11.3 Å². The first kappa shape index (κ1) is 7.56. The maximum atomic E-state index is 8.81. The maximum Gasteiger partial charge on any atom is 0.181 e. The molecule has 13 heavy (non-hydrogen) atoms. The molecular weight excluding hydrogens is 164 g/mol.